The Morgan fingerprint density at radius 3 is 2.72 bits per heavy atom. The molecule has 0 bridgehead atoms. The van der Waals surface area contributed by atoms with Gasteiger partial charge in [-0.1, -0.05) is 0 Å². The minimum Gasteiger partial charge on any atom is -0.496 e. The van der Waals surface area contributed by atoms with Gasteiger partial charge in [-0.15, -0.1) is 0 Å². The number of hydrogen-bond donors (Lipinski definition) is 1. The SMILES string of the molecule is COc1ccc(F)cc1C(O)c1ccnc(C)c1. The van der Waals surface area contributed by atoms with Gasteiger partial charge in [-0.2, -0.15) is 0 Å². The van der Waals surface area contributed by atoms with Gasteiger partial charge in [0.25, 0.3) is 0 Å². The Balaban J connectivity index is 2.44. The zero-order valence-electron chi connectivity index (χ0n) is 10.2. The van der Waals surface area contributed by atoms with E-state index in [0.29, 0.717) is 16.9 Å². The highest BCUT2D eigenvalue weighted by atomic mass is 19.1. The van der Waals surface area contributed by atoms with Crippen LogP contribution in [0.25, 0.3) is 0 Å². The molecule has 4 heteroatoms. The van der Waals surface area contributed by atoms with Crippen LogP contribution in [0.1, 0.15) is 22.9 Å². The fraction of sp³-hybridized carbons (Fsp3) is 0.214. The second kappa shape index (κ2) is 5.14. The molecule has 2 aromatic rings. The summed E-state index contributed by atoms with van der Waals surface area (Å²) >= 11 is 0. The van der Waals surface area contributed by atoms with Crippen molar-refractivity contribution < 1.29 is 14.2 Å². The number of rotatable bonds is 3. The number of benzene rings is 1. The van der Waals surface area contributed by atoms with Gasteiger partial charge in [0.15, 0.2) is 0 Å². The summed E-state index contributed by atoms with van der Waals surface area (Å²) in [7, 11) is 1.49. The van der Waals surface area contributed by atoms with Crippen LogP contribution in [0.2, 0.25) is 0 Å². The topological polar surface area (TPSA) is 42.4 Å². The van der Waals surface area contributed by atoms with Gasteiger partial charge in [0.05, 0.1) is 7.11 Å². The van der Waals surface area contributed by atoms with Crippen LogP contribution in [0.3, 0.4) is 0 Å². The van der Waals surface area contributed by atoms with E-state index in [1.54, 1.807) is 18.3 Å². The van der Waals surface area contributed by atoms with Crippen LogP contribution in [0.5, 0.6) is 5.75 Å². The third kappa shape index (κ3) is 2.49. The first kappa shape index (κ1) is 12.5. The van der Waals surface area contributed by atoms with E-state index in [9.17, 15) is 9.50 Å². The predicted molar refractivity (Wildman–Crippen MR) is 66.0 cm³/mol. The molecule has 0 amide bonds. The molecule has 1 N–H and O–H groups in total. The lowest BCUT2D eigenvalue weighted by Crippen LogP contribution is -2.03. The van der Waals surface area contributed by atoms with E-state index in [1.165, 1.54) is 25.3 Å². The molecule has 0 radical (unpaired) electrons. The molecule has 2 rings (SSSR count). The number of aliphatic hydroxyl groups excluding tert-OH is 1. The number of aryl methyl sites for hydroxylation is 1. The molecule has 0 aliphatic carbocycles. The smallest absolute Gasteiger partial charge is 0.125 e. The highest BCUT2D eigenvalue weighted by Crippen LogP contribution is 2.30. The normalized spacial score (nSPS) is 12.2. The van der Waals surface area contributed by atoms with Crippen molar-refractivity contribution in [3.63, 3.8) is 0 Å². The van der Waals surface area contributed by atoms with Gasteiger partial charge in [0, 0.05) is 17.5 Å². The summed E-state index contributed by atoms with van der Waals surface area (Å²) in [5.74, 6) is 0.0500. The maximum atomic E-state index is 13.3. The van der Waals surface area contributed by atoms with E-state index in [2.05, 4.69) is 4.98 Å². The van der Waals surface area contributed by atoms with Crippen molar-refractivity contribution in [2.24, 2.45) is 0 Å². The molecule has 1 atom stereocenters. The summed E-state index contributed by atoms with van der Waals surface area (Å²) in [4.78, 5) is 4.06. The minimum atomic E-state index is -0.933. The van der Waals surface area contributed by atoms with Crippen molar-refractivity contribution in [1.29, 1.82) is 0 Å². The van der Waals surface area contributed by atoms with Gasteiger partial charge in [0.1, 0.15) is 17.7 Å². The number of aromatic nitrogens is 1. The third-order valence-electron chi connectivity index (χ3n) is 2.72. The zero-order chi connectivity index (χ0) is 13.1. The molecule has 1 unspecified atom stereocenters. The van der Waals surface area contributed by atoms with E-state index in [1.807, 2.05) is 6.92 Å². The van der Waals surface area contributed by atoms with Gasteiger partial charge >= 0.3 is 0 Å². The summed E-state index contributed by atoms with van der Waals surface area (Å²) in [5.41, 5.74) is 1.86. The second-order valence-electron chi connectivity index (χ2n) is 4.02. The average Bonchev–Trinajstić information content (AvgIpc) is 2.38. The first-order valence-corrected chi connectivity index (χ1v) is 5.56. The van der Waals surface area contributed by atoms with E-state index in [-0.39, 0.29) is 0 Å². The van der Waals surface area contributed by atoms with Gasteiger partial charge in [0.2, 0.25) is 0 Å². The van der Waals surface area contributed by atoms with Crippen LogP contribution < -0.4 is 4.74 Å². The Morgan fingerprint density at radius 1 is 1.28 bits per heavy atom. The largest absolute Gasteiger partial charge is 0.496 e. The third-order valence-corrected chi connectivity index (χ3v) is 2.72. The van der Waals surface area contributed by atoms with Crippen LogP contribution in [-0.2, 0) is 0 Å². The van der Waals surface area contributed by atoms with Crippen LogP contribution in [0, 0.1) is 12.7 Å². The van der Waals surface area contributed by atoms with Gasteiger partial charge in [-0.05, 0) is 42.8 Å². The number of methoxy groups -OCH3 is 1. The molecule has 0 saturated carbocycles. The molecule has 0 fully saturated rings. The highest BCUT2D eigenvalue weighted by Gasteiger charge is 2.16. The summed E-state index contributed by atoms with van der Waals surface area (Å²) in [6.07, 6.45) is 0.678. The van der Waals surface area contributed by atoms with Crippen molar-refractivity contribution in [1.82, 2.24) is 4.98 Å². The zero-order valence-corrected chi connectivity index (χ0v) is 10.2. The second-order valence-corrected chi connectivity index (χ2v) is 4.02. The van der Waals surface area contributed by atoms with E-state index in [0.717, 1.165) is 5.69 Å². The molecular weight excluding hydrogens is 233 g/mol. The number of ether oxygens (including phenoxy) is 1. The Bertz CT molecular complexity index is 557. The number of nitrogens with zero attached hydrogens (tertiary/aromatic N) is 1. The van der Waals surface area contributed by atoms with Crippen LogP contribution in [0.4, 0.5) is 4.39 Å². The minimum absolute atomic E-state index is 0.406. The fourth-order valence-corrected chi connectivity index (χ4v) is 1.84. The number of aliphatic hydroxyl groups is 1. The molecule has 1 heterocycles. The fourth-order valence-electron chi connectivity index (χ4n) is 1.84. The first-order chi connectivity index (χ1) is 8.61. The lowest BCUT2D eigenvalue weighted by Gasteiger charge is -2.15. The van der Waals surface area contributed by atoms with Crippen molar-refractivity contribution in [3.8, 4) is 5.75 Å². The number of pyridine rings is 1. The van der Waals surface area contributed by atoms with Gasteiger partial charge in [-0.25, -0.2) is 4.39 Å². The number of hydrogen-bond acceptors (Lipinski definition) is 3. The monoisotopic (exact) mass is 247 g/mol. The van der Waals surface area contributed by atoms with Crippen LogP contribution in [-0.4, -0.2) is 17.2 Å². The van der Waals surface area contributed by atoms with Crippen LogP contribution in [0.15, 0.2) is 36.5 Å². The Labute approximate surface area is 105 Å². The van der Waals surface area contributed by atoms with Gasteiger partial charge in [-0.3, -0.25) is 4.98 Å². The number of halogens is 1. The average molecular weight is 247 g/mol. The molecular formula is C14H14FNO2. The van der Waals surface area contributed by atoms with E-state index >= 15 is 0 Å². The molecule has 0 spiro atoms. The summed E-state index contributed by atoms with van der Waals surface area (Å²) in [6.45, 7) is 1.83. The summed E-state index contributed by atoms with van der Waals surface area (Å²) in [5, 5.41) is 10.3. The van der Waals surface area contributed by atoms with E-state index in [4.69, 9.17) is 4.74 Å². The lowest BCUT2D eigenvalue weighted by atomic mass is 10.0. The Morgan fingerprint density at radius 2 is 2.06 bits per heavy atom. The molecule has 3 nitrogen and oxygen atoms in total. The van der Waals surface area contributed by atoms with E-state index < -0.39 is 11.9 Å². The van der Waals surface area contributed by atoms with Gasteiger partial charge < -0.3 is 9.84 Å². The summed E-state index contributed by atoms with van der Waals surface area (Å²) in [6, 6.07) is 7.53. The maximum absolute atomic E-state index is 13.3. The first-order valence-electron chi connectivity index (χ1n) is 5.56. The van der Waals surface area contributed by atoms with Crippen molar-refractivity contribution in [2.45, 2.75) is 13.0 Å². The molecule has 0 aliphatic rings. The predicted octanol–water partition coefficient (Wildman–Crippen LogP) is 2.62. The highest BCUT2D eigenvalue weighted by molar-refractivity contribution is 5.40. The van der Waals surface area contributed by atoms with Crippen molar-refractivity contribution in [2.75, 3.05) is 7.11 Å². The maximum Gasteiger partial charge on any atom is 0.125 e. The lowest BCUT2D eigenvalue weighted by molar-refractivity contribution is 0.214. The van der Waals surface area contributed by atoms with Crippen molar-refractivity contribution >= 4 is 0 Å². The van der Waals surface area contributed by atoms with Crippen LogP contribution >= 0.6 is 0 Å². The summed E-state index contributed by atoms with van der Waals surface area (Å²) < 4.78 is 18.4. The quantitative estimate of drug-likeness (QED) is 0.906. The standard InChI is InChI=1S/C14H14FNO2/c1-9-7-10(5-6-16-9)14(17)12-8-11(15)3-4-13(12)18-2/h3-8,14,17H,1-2H3. The Kier molecular flexibility index (Phi) is 3.58. The van der Waals surface area contributed by atoms with Crippen molar-refractivity contribution in [3.05, 3.63) is 59.2 Å². The molecule has 0 aliphatic heterocycles. The molecule has 94 valence electrons. The molecule has 18 heavy (non-hydrogen) atoms. The molecule has 0 saturated heterocycles. The Hall–Kier alpha value is -1.94. The molecule has 1 aromatic carbocycles. The molecule has 1 aromatic heterocycles.